The molecule has 1 aliphatic carbocycles. The van der Waals surface area contributed by atoms with Crippen LogP contribution >= 0.6 is 11.6 Å². The molecule has 0 bridgehead atoms. The first-order valence-electron chi connectivity index (χ1n) is 10.8. The van der Waals surface area contributed by atoms with E-state index in [2.05, 4.69) is 25.3 Å². The third kappa shape index (κ3) is 4.36. The summed E-state index contributed by atoms with van der Waals surface area (Å²) in [4.78, 5) is 30.8. The second kappa shape index (κ2) is 8.75. The van der Waals surface area contributed by atoms with Crippen molar-refractivity contribution >= 4 is 40.2 Å². The molecule has 5 rings (SSSR count). The van der Waals surface area contributed by atoms with Crippen molar-refractivity contribution in [3.05, 3.63) is 76.2 Å². The Hall–Kier alpha value is -3.58. The third-order valence-corrected chi connectivity index (χ3v) is 6.03. The molecule has 1 atom stereocenters. The Kier molecular flexibility index (Phi) is 5.64. The number of Topliss-reactive ketones (excluding diaryl/α,β-unsaturated/α-hetero) is 1. The molecular formula is C25H22ClN5O2. The molecule has 4 aromatic rings. The number of rotatable bonds is 5. The second-order valence-corrected chi connectivity index (χ2v) is 8.44. The summed E-state index contributed by atoms with van der Waals surface area (Å²) in [6.45, 7) is 4.47. The highest BCUT2D eigenvalue weighted by atomic mass is 35.5. The van der Waals surface area contributed by atoms with Crippen LogP contribution in [-0.2, 0) is 6.42 Å². The van der Waals surface area contributed by atoms with Crippen molar-refractivity contribution < 1.29 is 9.53 Å². The van der Waals surface area contributed by atoms with Gasteiger partial charge in [-0.1, -0.05) is 23.7 Å². The van der Waals surface area contributed by atoms with Crippen LogP contribution in [0.25, 0.3) is 10.9 Å². The molecule has 2 aromatic carbocycles. The van der Waals surface area contributed by atoms with E-state index in [0.717, 1.165) is 33.6 Å². The Morgan fingerprint density at radius 3 is 2.67 bits per heavy atom. The van der Waals surface area contributed by atoms with Crippen molar-refractivity contribution in [2.24, 2.45) is 0 Å². The van der Waals surface area contributed by atoms with Gasteiger partial charge in [-0.15, -0.1) is 0 Å². The van der Waals surface area contributed by atoms with Crippen molar-refractivity contribution in [2.45, 2.75) is 32.6 Å². The number of benzene rings is 2. The van der Waals surface area contributed by atoms with Crippen molar-refractivity contribution in [3.8, 4) is 5.75 Å². The minimum absolute atomic E-state index is 0.0469. The smallest absolute Gasteiger partial charge is 0.230 e. The number of hydrogen-bond acceptors (Lipinski definition) is 7. The molecule has 33 heavy (non-hydrogen) atoms. The summed E-state index contributed by atoms with van der Waals surface area (Å²) < 4.78 is 5.58. The average molecular weight is 460 g/mol. The molecule has 0 saturated carbocycles. The zero-order valence-corrected chi connectivity index (χ0v) is 19.1. The summed E-state index contributed by atoms with van der Waals surface area (Å²) in [5.41, 5.74) is 3.99. The molecule has 0 radical (unpaired) electrons. The van der Waals surface area contributed by atoms with Gasteiger partial charge in [0.05, 0.1) is 29.1 Å². The zero-order chi connectivity index (χ0) is 22.9. The van der Waals surface area contributed by atoms with Gasteiger partial charge in [-0.2, -0.15) is 0 Å². The van der Waals surface area contributed by atoms with Gasteiger partial charge in [-0.3, -0.25) is 10.1 Å². The molecule has 166 valence electrons. The minimum Gasteiger partial charge on any atom is -0.494 e. The number of ether oxygens (including phenoxy) is 1. The highest BCUT2D eigenvalue weighted by Crippen LogP contribution is 2.33. The van der Waals surface area contributed by atoms with Gasteiger partial charge in [-0.05, 0) is 62.1 Å². The third-order valence-electron chi connectivity index (χ3n) is 5.77. The molecule has 1 aliphatic rings. The normalized spacial score (nSPS) is 15.4. The van der Waals surface area contributed by atoms with E-state index in [-0.39, 0.29) is 11.7 Å². The van der Waals surface area contributed by atoms with Crippen molar-refractivity contribution in [1.82, 2.24) is 19.9 Å². The summed E-state index contributed by atoms with van der Waals surface area (Å²) in [5.74, 6) is 1.66. The van der Waals surface area contributed by atoms with E-state index in [9.17, 15) is 4.79 Å². The lowest BCUT2D eigenvalue weighted by Gasteiger charge is -2.23. The lowest BCUT2D eigenvalue weighted by molar-refractivity contribution is 0.0962. The Bertz CT molecular complexity index is 1360. The fraction of sp³-hybridized carbons (Fsp3) is 0.240. The molecule has 2 heterocycles. The SMILES string of the molecule is CCOc1ccc2nc(Nc3ncc4c(n3)C[C@H](c3ccc(Cl)cc3)CC4=O)nc(C)c2c1. The molecule has 2 aromatic heterocycles. The molecule has 0 aliphatic heterocycles. The average Bonchev–Trinajstić information content (AvgIpc) is 2.80. The first-order chi connectivity index (χ1) is 16.0. The van der Waals surface area contributed by atoms with Crippen LogP contribution in [0.4, 0.5) is 11.9 Å². The van der Waals surface area contributed by atoms with Crippen molar-refractivity contribution in [1.29, 1.82) is 0 Å². The van der Waals surface area contributed by atoms with Crippen molar-refractivity contribution in [3.63, 3.8) is 0 Å². The number of carbonyl (C=O) groups excluding carboxylic acids is 1. The molecule has 0 spiro atoms. The molecule has 0 unspecified atom stereocenters. The van der Waals surface area contributed by atoms with Crippen LogP contribution in [-0.4, -0.2) is 32.3 Å². The summed E-state index contributed by atoms with van der Waals surface area (Å²) in [5, 5.41) is 4.70. The predicted molar refractivity (Wildman–Crippen MR) is 128 cm³/mol. The van der Waals surface area contributed by atoms with Gasteiger partial charge in [0.1, 0.15) is 5.75 Å². The monoisotopic (exact) mass is 459 g/mol. The maximum absolute atomic E-state index is 12.7. The summed E-state index contributed by atoms with van der Waals surface area (Å²) >= 11 is 6.01. The van der Waals surface area contributed by atoms with E-state index >= 15 is 0 Å². The Balaban J connectivity index is 1.42. The maximum atomic E-state index is 12.7. The fourth-order valence-electron chi connectivity index (χ4n) is 4.15. The zero-order valence-electron chi connectivity index (χ0n) is 18.3. The van der Waals surface area contributed by atoms with E-state index in [0.29, 0.717) is 41.9 Å². The van der Waals surface area contributed by atoms with Crippen LogP contribution in [0.5, 0.6) is 5.75 Å². The number of carbonyl (C=O) groups is 1. The molecule has 0 saturated heterocycles. The Morgan fingerprint density at radius 2 is 1.88 bits per heavy atom. The van der Waals surface area contributed by atoms with E-state index in [1.807, 2.05) is 56.3 Å². The van der Waals surface area contributed by atoms with Gasteiger partial charge >= 0.3 is 0 Å². The topological polar surface area (TPSA) is 89.9 Å². The van der Waals surface area contributed by atoms with E-state index in [1.54, 1.807) is 6.20 Å². The standard InChI is InChI=1S/C25H22ClN5O2/c1-3-33-18-8-9-21-19(12-18)14(2)28-25(29-21)31-24-27-13-20-22(30-24)10-16(11-23(20)32)15-4-6-17(26)7-5-15/h4-9,12-13,16H,3,10-11H2,1-2H3,(H,27,28,29,30,31)/t16-/m0/s1. The molecule has 0 fully saturated rings. The minimum atomic E-state index is 0.0469. The van der Waals surface area contributed by atoms with Gasteiger partial charge in [-0.25, -0.2) is 19.9 Å². The van der Waals surface area contributed by atoms with Gasteiger partial charge < -0.3 is 4.74 Å². The Morgan fingerprint density at radius 1 is 1.06 bits per heavy atom. The molecule has 0 amide bonds. The Labute approximate surface area is 196 Å². The van der Waals surface area contributed by atoms with Crippen LogP contribution in [0.2, 0.25) is 5.02 Å². The lowest BCUT2D eigenvalue weighted by atomic mass is 9.82. The van der Waals surface area contributed by atoms with Gasteiger partial charge in [0.25, 0.3) is 0 Å². The number of hydrogen-bond donors (Lipinski definition) is 1. The second-order valence-electron chi connectivity index (χ2n) is 8.00. The van der Waals surface area contributed by atoms with Gasteiger partial charge in [0, 0.05) is 23.0 Å². The maximum Gasteiger partial charge on any atom is 0.230 e. The lowest BCUT2D eigenvalue weighted by Crippen LogP contribution is -2.21. The molecule has 8 heteroatoms. The number of nitrogens with zero attached hydrogens (tertiary/aromatic N) is 4. The first-order valence-corrected chi connectivity index (χ1v) is 11.2. The highest BCUT2D eigenvalue weighted by Gasteiger charge is 2.28. The van der Waals surface area contributed by atoms with Gasteiger partial charge in [0.2, 0.25) is 11.9 Å². The van der Waals surface area contributed by atoms with Gasteiger partial charge in [0.15, 0.2) is 5.78 Å². The first kappa shape index (κ1) is 21.3. The van der Waals surface area contributed by atoms with Crippen LogP contribution in [0.3, 0.4) is 0 Å². The van der Waals surface area contributed by atoms with Crippen molar-refractivity contribution in [2.75, 3.05) is 11.9 Å². The molecule has 1 N–H and O–H groups in total. The highest BCUT2D eigenvalue weighted by molar-refractivity contribution is 6.30. The predicted octanol–water partition coefficient (Wildman–Crippen LogP) is 5.44. The van der Waals surface area contributed by atoms with E-state index in [1.165, 1.54) is 0 Å². The number of fused-ring (bicyclic) bond motifs is 2. The number of aryl methyl sites for hydroxylation is 1. The number of anilines is 2. The van der Waals surface area contributed by atoms with Crippen LogP contribution in [0.1, 0.15) is 46.6 Å². The largest absolute Gasteiger partial charge is 0.494 e. The number of halogens is 1. The van der Waals surface area contributed by atoms with Crippen LogP contribution in [0, 0.1) is 6.92 Å². The summed E-state index contributed by atoms with van der Waals surface area (Å²) in [6.07, 6.45) is 2.67. The molecule has 7 nitrogen and oxygen atoms in total. The van der Waals surface area contributed by atoms with Crippen LogP contribution < -0.4 is 10.1 Å². The number of ketones is 1. The summed E-state index contributed by atoms with van der Waals surface area (Å²) in [6, 6.07) is 13.4. The van der Waals surface area contributed by atoms with E-state index < -0.39 is 0 Å². The summed E-state index contributed by atoms with van der Waals surface area (Å²) in [7, 11) is 0. The molecular weight excluding hydrogens is 438 g/mol. The fourth-order valence-corrected chi connectivity index (χ4v) is 4.27. The van der Waals surface area contributed by atoms with Crippen LogP contribution in [0.15, 0.2) is 48.7 Å². The van der Waals surface area contributed by atoms with E-state index in [4.69, 9.17) is 16.3 Å². The number of nitrogens with one attached hydrogen (secondary N) is 1. The number of aromatic nitrogens is 4. The quantitative estimate of drug-likeness (QED) is 0.425.